The quantitative estimate of drug-likeness (QED) is 0.453. The van der Waals surface area contributed by atoms with Gasteiger partial charge in [-0.2, -0.15) is 0 Å². The minimum atomic E-state index is -1.47. The highest BCUT2D eigenvalue weighted by Gasteiger charge is 2.44. The summed E-state index contributed by atoms with van der Waals surface area (Å²) in [6.45, 7) is 3.53. The summed E-state index contributed by atoms with van der Waals surface area (Å²) in [6, 6.07) is 5.58. The van der Waals surface area contributed by atoms with Crippen LogP contribution in [-0.2, 0) is 11.2 Å². The maximum Gasteiger partial charge on any atom is 0.229 e. The Balaban J connectivity index is 1.80. The fraction of sp³-hybridized carbons (Fsp3) is 0.579. The fourth-order valence-electron chi connectivity index (χ4n) is 3.25. The number of rotatable bonds is 7. The molecule has 0 amide bonds. The molecule has 1 fully saturated rings. The van der Waals surface area contributed by atoms with Crippen molar-refractivity contribution in [3.63, 3.8) is 0 Å². The predicted molar refractivity (Wildman–Crippen MR) is 99.6 cm³/mol. The van der Waals surface area contributed by atoms with Crippen LogP contribution in [0.5, 0.6) is 5.75 Å². The zero-order valence-electron chi connectivity index (χ0n) is 15.6. The van der Waals surface area contributed by atoms with Gasteiger partial charge >= 0.3 is 0 Å². The Bertz CT molecular complexity index is 749. The smallest absolute Gasteiger partial charge is 0.229 e. The van der Waals surface area contributed by atoms with E-state index in [1.54, 1.807) is 6.07 Å². The van der Waals surface area contributed by atoms with Crippen LogP contribution in [0.4, 0.5) is 0 Å². The summed E-state index contributed by atoms with van der Waals surface area (Å²) in [7, 11) is 2.07. The third-order valence-electron chi connectivity index (χ3n) is 5.16. The van der Waals surface area contributed by atoms with Gasteiger partial charge in [-0.3, -0.25) is 0 Å². The van der Waals surface area contributed by atoms with Crippen LogP contribution in [0.2, 0.25) is 0 Å². The molecular formula is C19H28N2O6. The molecule has 150 valence electrons. The standard InChI is InChI=1S/C19H28N2O6/c1-3-21(2)8-7-11-9-20-15-12(11)5-4-6-13(15)26-19-18(25)17(24)16(23)14(10-22)27-19/h4-6,9,14,16-20,22-25H,3,7-8,10H2,1-2H3. The first kappa shape index (κ1) is 20.1. The first-order valence-electron chi connectivity index (χ1n) is 9.21. The fourth-order valence-corrected chi connectivity index (χ4v) is 3.25. The summed E-state index contributed by atoms with van der Waals surface area (Å²) >= 11 is 0. The van der Waals surface area contributed by atoms with Crippen LogP contribution >= 0.6 is 0 Å². The van der Waals surface area contributed by atoms with E-state index in [1.807, 2.05) is 18.3 Å². The minimum Gasteiger partial charge on any atom is -0.460 e. The van der Waals surface area contributed by atoms with Crippen molar-refractivity contribution in [1.29, 1.82) is 0 Å². The van der Waals surface area contributed by atoms with Gasteiger partial charge in [0.15, 0.2) is 0 Å². The number of aromatic amines is 1. The van der Waals surface area contributed by atoms with Gasteiger partial charge in [0.05, 0.1) is 12.1 Å². The summed E-state index contributed by atoms with van der Waals surface area (Å²) in [4.78, 5) is 5.44. The van der Waals surface area contributed by atoms with Crippen molar-refractivity contribution < 1.29 is 29.9 Å². The van der Waals surface area contributed by atoms with E-state index in [0.717, 1.165) is 36.0 Å². The molecule has 1 aromatic carbocycles. The average Bonchev–Trinajstić information content (AvgIpc) is 3.10. The zero-order valence-corrected chi connectivity index (χ0v) is 15.6. The third kappa shape index (κ3) is 4.11. The molecule has 0 spiro atoms. The van der Waals surface area contributed by atoms with Crippen molar-refractivity contribution in [2.45, 2.75) is 44.1 Å². The highest BCUT2D eigenvalue weighted by atomic mass is 16.7. The molecule has 1 aliphatic rings. The molecule has 0 radical (unpaired) electrons. The second-order valence-electron chi connectivity index (χ2n) is 6.95. The molecule has 1 saturated heterocycles. The number of aliphatic hydroxyl groups excluding tert-OH is 4. The number of aliphatic hydroxyl groups is 4. The Morgan fingerprint density at radius 3 is 2.67 bits per heavy atom. The Hall–Kier alpha value is -1.68. The second-order valence-corrected chi connectivity index (χ2v) is 6.95. The van der Waals surface area contributed by atoms with Crippen LogP contribution in [0.3, 0.4) is 0 Å². The number of aromatic nitrogens is 1. The lowest BCUT2D eigenvalue weighted by molar-refractivity contribution is -0.277. The number of H-pyrrole nitrogens is 1. The van der Waals surface area contributed by atoms with E-state index < -0.39 is 37.3 Å². The van der Waals surface area contributed by atoms with Gasteiger partial charge in [0.25, 0.3) is 0 Å². The molecule has 3 rings (SSSR count). The molecule has 2 heterocycles. The van der Waals surface area contributed by atoms with Gasteiger partial charge in [-0.25, -0.2) is 0 Å². The number of fused-ring (bicyclic) bond motifs is 1. The van der Waals surface area contributed by atoms with E-state index in [4.69, 9.17) is 9.47 Å². The highest BCUT2D eigenvalue weighted by molar-refractivity contribution is 5.88. The van der Waals surface area contributed by atoms with Gasteiger partial charge in [0, 0.05) is 18.1 Å². The summed E-state index contributed by atoms with van der Waals surface area (Å²) in [6.07, 6.45) is -3.70. The van der Waals surface area contributed by atoms with Crippen LogP contribution in [0.1, 0.15) is 12.5 Å². The molecule has 5 unspecified atom stereocenters. The summed E-state index contributed by atoms with van der Waals surface area (Å²) in [5.74, 6) is 0.465. The van der Waals surface area contributed by atoms with Gasteiger partial charge in [-0.15, -0.1) is 0 Å². The summed E-state index contributed by atoms with van der Waals surface area (Å²) in [5.41, 5.74) is 1.92. The van der Waals surface area contributed by atoms with Crippen molar-refractivity contribution in [1.82, 2.24) is 9.88 Å². The molecular weight excluding hydrogens is 352 g/mol. The van der Waals surface area contributed by atoms with Crippen LogP contribution in [0.25, 0.3) is 10.9 Å². The number of benzene rings is 1. The average molecular weight is 380 g/mol. The number of nitrogens with zero attached hydrogens (tertiary/aromatic N) is 1. The Kier molecular flexibility index (Phi) is 6.36. The summed E-state index contributed by atoms with van der Waals surface area (Å²) in [5, 5.41) is 40.3. The number of hydrogen-bond donors (Lipinski definition) is 5. The van der Waals surface area contributed by atoms with Gasteiger partial charge < -0.3 is 39.8 Å². The van der Waals surface area contributed by atoms with Gasteiger partial charge in [0.1, 0.15) is 30.2 Å². The lowest BCUT2D eigenvalue weighted by atomic mass is 9.99. The van der Waals surface area contributed by atoms with Gasteiger partial charge in [-0.05, 0) is 31.6 Å². The van der Waals surface area contributed by atoms with Crippen molar-refractivity contribution in [2.24, 2.45) is 0 Å². The van der Waals surface area contributed by atoms with Gasteiger partial charge in [0.2, 0.25) is 6.29 Å². The maximum absolute atomic E-state index is 10.2. The Labute approximate surface area is 157 Å². The van der Waals surface area contributed by atoms with Crippen LogP contribution in [0, 0.1) is 0 Å². The first-order valence-corrected chi connectivity index (χ1v) is 9.21. The number of likely N-dealkylation sites (N-methyl/N-ethyl adjacent to an activating group) is 1. The van der Waals surface area contributed by atoms with E-state index in [1.165, 1.54) is 0 Å². The molecule has 5 N–H and O–H groups in total. The molecule has 5 atom stereocenters. The molecule has 8 nitrogen and oxygen atoms in total. The van der Waals surface area contributed by atoms with E-state index in [0.29, 0.717) is 5.75 Å². The second kappa shape index (κ2) is 8.55. The van der Waals surface area contributed by atoms with Crippen LogP contribution in [0.15, 0.2) is 24.4 Å². The number of hydrogen-bond acceptors (Lipinski definition) is 7. The lowest BCUT2D eigenvalue weighted by Crippen LogP contribution is -2.60. The molecule has 0 bridgehead atoms. The maximum atomic E-state index is 10.2. The minimum absolute atomic E-state index is 0.465. The van der Waals surface area contributed by atoms with Gasteiger partial charge in [-0.1, -0.05) is 19.1 Å². The van der Waals surface area contributed by atoms with E-state index in [-0.39, 0.29) is 0 Å². The van der Waals surface area contributed by atoms with E-state index in [2.05, 4.69) is 23.9 Å². The topological polar surface area (TPSA) is 118 Å². The molecule has 2 aromatic rings. The van der Waals surface area contributed by atoms with Crippen molar-refractivity contribution in [3.05, 3.63) is 30.0 Å². The molecule has 0 saturated carbocycles. The van der Waals surface area contributed by atoms with Crippen molar-refractivity contribution >= 4 is 10.9 Å². The first-order chi connectivity index (χ1) is 13.0. The van der Waals surface area contributed by atoms with Crippen LogP contribution < -0.4 is 4.74 Å². The highest BCUT2D eigenvalue weighted by Crippen LogP contribution is 2.31. The molecule has 27 heavy (non-hydrogen) atoms. The normalized spacial score (nSPS) is 28.8. The predicted octanol–water partition coefficient (Wildman–Crippen LogP) is -0.159. The largest absolute Gasteiger partial charge is 0.460 e. The number of nitrogens with one attached hydrogen (secondary N) is 1. The SMILES string of the molecule is CCN(C)CCc1c[nH]c2c(OC3OC(CO)C(O)C(O)C3O)cccc12. The van der Waals surface area contributed by atoms with E-state index >= 15 is 0 Å². The Morgan fingerprint density at radius 2 is 1.96 bits per heavy atom. The van der Waals surface area contributed by atoms with Crippen LogP contribution in [-0.4, -0.2) is 87.8 Å². The zero-order chi connectivity index (χ0) is 19.6. The molecule has 1 aromatic heterocycles. The van der Waals surface area contributed by atoms with Crippen molar-refractivity contribution in [2.75, 3.05) is 26.7 Å². The molecule has 0 aliphatic carbocycles. The molecule has 8 heteroatoms. The van der Waals surface area contributed by atoms with E-state index in [9.17, 15) is 20.4 Å². The third-order valence-corrected chi connectivity index (χ3v) is 5.16. The molecule has 1 aliphatic heterocycles. The monoisotopic (exact) mass is 380 g/mol. The summed E-state index contributed by atoms with van der Waals surface area (Å²) < 4.78 is 11.2. The number of para-hydroxylation sites is 1. The lowest BCUT2D eigenvalue weighted by Gasteiger charge is -2.39. The number of ether oxygens (including phenoxy) is 2. The van der Waals surface area contributed by atoms with Crippen molar-refractivity contribution in [3.8, 4) is 5.75 Å². The Morgan fingerprint density at radius 1 is 1.19 bits per heavy atom.